The third-order valence-electron chi connectivity index (χ3n) is 17.3. The Kier molecular flexibility index (Phi) is 61.2. The summed E-state index contributed by atoms with van der Waals surface area (Å²) in [7, 11) is 0. The van der Waals surface area contributed by atoms with Gasteiger partial charge in [-0.15, -0.1) is 0 Å². The van der Waals surface area contributed by atoms with Crippen molar-refractivity contribution < 1.29 is 49.3 Å². The lowest BCUT2D eigenvalue weighted by atomic mass is 9.99. The molecule has 8 atom stereocenters. The molecule has 1 aliphatic heterocycles. The van der Waals surface area contributed by atoms with Gasteiger partial charge >= 0.3 is 5.97 Å². The number of ether oxygens (including phenoxy) is 3. The first-order valence-electron chi connectivity index (χ1n) is 37.4. The Hall–Kier alpha value is -3.16. The zero-order valence-electron chi connectivity index (χ0n) is 57.5. The Balaban J connectivity index is 2.55. The lowest BCUT2D eigenvalue weighted by Gasteiger charge is -2.41. The van der Waals surface area contributed by atoms with Crippen LogP contribution in [0.1, 0.15) is 335 Å². The Morgan fingerprint density at radius 2 is 0.775 bits per heavy atom. The van der Waals surface area contributed by atoms with Gasteiger partial charge in [0.15, 0.2) is 12.4 Å². The summed E-state index contributed by atoms with van der Waals surface area (Å²) in [6.45, 7) is 5.77. The summed E-state index contributed by atoms with van der Waals surface area (Å²) in [4.78, 5) is 26.7. The van der Waals surface area contributed by atoms with E-state index in [9.17, 15) is 35.1 Å². The van der Waals surface area contributed by atoms with Crippen LogP contribution >= 0.6 is 0 Å². The fourth-order valence-corrected chi connectivity index (χ4v) is 11.4. The van der Waals surface area contributed by atoms with Crippen LogP contribution in [0.25, 0.3) is 0 Å². The maximum absolute atomic E-state index is 13.5. The largest absolute Gasteiger partial charge is 0.454 e. The number of nitrogens with one attached hydrogen (secondary N) is 1. The molecule has 0 aliphatic carbocycles. The molecule has 0 spiro atoms. The zero-order valence-corrected chi connectivity index (χ0v) is 57.5. The van der Waals surface area contributed by atoms with Gasteiger partial charge in [-0.1, -0.05) is 311 Å². The highest BCUT2D eigenvalue weighted by molar-refractivity contribution is 5.80. The standard InChI is InChI=1S/C78H139NO10/c1-4-7-10-13-16-19-22-25-27-29-31-33-34-35-36-37-38-39-41-43-45-48-51-54-57-60-63-66-73(83)89-76-75(85)74(84)72(67-80)88-78(76)87-68-69(70(81)64-61-58-55-52-49-46-24-21-18-15-12-9-6-3)79-77(86)71(82)65-62-59-56-53-50-47-44-42-40-32-30-28-26-23-20-17-14-11-8-5-2/h16-17,19-20,25-28,31-33,40,61,64,69-72,74-76,78,80-82,84-85H,4-15,18,21-24,29-30,34-39,41-60,62-63,65-68H2,1-3H3,(H,79,86)/b19-16-,20-17-,27-25-,28-26-,33-31-,40-32-,64-61+. The minimum atomic E-state index is -1.62. The molecule has 0 bridgehead atoms. The highest BCUT2D eigenvalue weighted by Gasteiger charge is 2.47. The normalized spacial score (nSPS) is 18.6. The summed E-state index contributed by atoms with van der Waals surface area (Å²) in [5.41, 5.74) is 0. The molecule has 0 aromatic carbocycles. The molecule has 0 aromatic rings. The molecule has 11 nitrogen and oxygen atoms in total. The topological polar surface area (TPSA) is 175 Å². The molecule has 6 N–H and O–H groups in total. The van der Waals surface area contributed by atoms with Crippen LogP contribution in [0.2, 0.25) is 0 Å². The minimum Gasteiger partial charge on any atom is -0.454 e. The molecule has 1 heterocycles. The first-order valence-corrected chi connectivity index (χ1v) is 37.4. The second kappa shape index (κ2) is 64.9. The lowest BCUT2D eigenvalue weighted by molar-refractivity contribution is -0.305. The molecular formula is C78H139NO10. The number of allylic oxidation sites excluding steroid dienone is 13. The molecule has 0 saturated carbocycles. The van der Waals surface area contributed by atoms with Gasteiger partial charge < -0.3 is 45.1 Å². The lowest BCUT2D eigenvalue weighted by Crippen LogP contribution is -2.61. The van der Waals surface area contributed by atoms with E-state index in [2.05, 4.69) is 99.0 Å². The van der Waals surface area contributed by atoms with Gasteiger partial charge in [0.2, 0.25) is 5.91 Å². The van der Waals surface area contributed by atoms with Crippen molar-refractivity contribution >= 4 is 11.9 Å². The van der Waals surface area contributed by atoms with E-state index >= 15 is 0 Å². The first-order chi connectivity index (χ1) is 43.7. The highest BCUT2D eigenvalue weighted by atomic mass is 16.7. The molecule has 11 heteroatoms. The predicted octanol–water partition coefficient (Wildman–Crippen LogP) is 19.6. The van der Waals surface area contributed by atoms with Crippen LogP contribution in [0.15, 0.2) is 85.1 Å². The number of hydrogen-bond donors (Lipinski definition) is 6. The summed E-state index contributed by atoms with van der Waals surface area (Å²) in [6, 6.07) is -1.03. The molecule has 89 heavy (non-hydrogen) atoms. The van der Waals surface area contributed by atoms with Crippen LogP contribution in [-0.2, 0) is 23.8 Å². The maximum atomic E-state index is 13.5. The molecule has 1 fully saturated rings. The van der Waals surface area contributed by atoms with Gasteiger partial charge in [0.05, 0.1) is 25.4 Å². The van der Waals surface area contributed by atoms with E-state index in [-0.39, 0.29) is 19.4 Å². The van der Waals surface area contributed by atoms with Gasteiger partial charge in [0.25, 0.3) is 0 Å². The molecule has 0 radical (unpaired) electrons. The van der Waals surface area contributed by atoms with Crippen molar-refractivity contribution in [3.8, 4) is 0 Å². The zero-order chi connectivity index (χ0) is 64.6. The third-order valence-corrected chi connectivity index (χ3v) is 17.3. The van der Waals surface area contributed by atoms with Gasteiger partial charge in [-0.05, 0) is 103 Å². The Morgan fingerprint density at radius 3 is 1.18 bits per heavy atom. The van der Waals surface area contributed by atoms with Crippen molar-refractivity contribution in [2.24, 2.45) is 0 Å². The Labute approximate surface area is 546 Å². The minimum absolute atomic E-state index is 0.120. The molecule has 1 saturated heterocycles. The van der Waals surface area contributed by atoms with Gasteiger partial charge in [-0.3, -0.25) is 9.59 Å². The van der Waals surface area contributed by atoms with E-state index in [4.69, 9.17) is 14.2 Å². The van der Waals surface area contributed by atoms with Gasteiger partial charge in [-0.25, -0.2) is 0 Å². The quantitative estimate of drug-likeness (QED) is 0.0195. The molecular weight excluding hydrogens is 1110 g/mol. The second-order valence-corrected chi connectivity index (χ2v) is 25.7. The molecule has 8 unspecified atom stereocenters. The second-order valence-electron chi connectivity index (χ2n) is 25.7. The fraction of sp³-hybridized carbons (Fsp3) is 0.795. The molecule has 516 valence electrons. The third kappa shape index (κ3) is 52.0. The van der Waals surface area contributed by atoms with Gasteiger partial charge in [-0.2, -0.15) is 0 Å². The van der Waals surface area contributed by atoms with E-state index in [0.717, 1.165) is 96.3 Å². The molecule has 1 rings (SSSR count). The summed E-state index contributed by atoms with van der Waals surface area (Å²) >= 11 is 0. The van der Waals surface area contributed by atoms with Crippen molar-refractivity contribution in [2.45, 2.75) is 384 Å². The number of unbranched alkanes of at least 4 members (excludes halogenated alkanes) is 38. The number of amides is 1. The maximum Gasteiger partial charge on any atom is 0.306 e. The number of aliphatic hydroxyl groups excluding tert-OH is 5. The number of esters is 1. The van der Waals surface area contributed by atoms with Crippen LogP contribution in [0.4, 0.5) is 0 Å². The number of aliphatic hydroxyl groups is 5. The van der Waals surface area contributed by atoms with Gasteiger partial charge in [0.1, 0.15) is 24.4 Å². The average molecular weight is 1250 g/mol. The first kappa shape index (κ1) is 83.9. The van der Waals surface area contributed by atoms with Crippen LogP contribution in [0.3, 0.4) is 0 Å². The van der Waals surface area contributed by atoms with Gasteiger partial charge in [0, 0.05) is 6.42 Å². The summed E-state index contributed by atoms with van der Waals surface area (Å²) < 4.78 is 17.7. The van der Waals surface area contributed by atoms with Crippen molar-refractivity contribution in [2.75, 3.05) is 13.2 Å². The predicted molar refractivity (Wildman–Crippen MR) is 375 cm³/mol. The van der Waals surface area contributed by atoms with Crippen molar-refractivity contribution in [1.29, 1.82) is 0 Å². The van der Waals surface area contributed by atoms with Crippen LogP contribution in [-0.4, -0.2) is 99.6 Å². The average Bonchev–Trinajstić information content (AvgIpc) is 1.85. The summed E-state index contributed by atoms with van der Waals surface area (Å²) in [5.74, 6) is -1.20. The summed E-state index contributed by atoms with van der Waals surface area (Å²) in [5, 5.41) is 57.3. The van der Waals surface area contributed by atoms with Crippen molar-refractivity contribution in [3.63, 3.8) is 0 Å². The number of hydrogen-bond acceptors (Lipinski definition) is 10. The Bertz CT molecular complexity index is 1780. The van der Waals surface area contributed by atoms with E-state index in [1.54, 1.807) is 6.08 Å². The molecule has 1 amide bonds. The summed E-state index contributed by atoms with van der Waals surface area (Å²) in [6.07, 6.45) is 76.2. The Morgan fingerprint density at radius 1 is 0.438 bits per heavy atom. The monoisotopic (exact) mass is 1250 g/mol. The van der Waals surface area contributed by atoms with E-state index in [0.29, 0.717) is 12.8 Å². The van der Waals surface area contributed by atoms with Crippen molar-refractivity contribution in [3.05, 3.63) is 85.1 Å². The van der Waals surface area contributed by atoms with Crippen LogP contribution in [0, 0.1) is 0 Å². The van der Waals surface area contributed by atoms with E-state index < -0.39 is 67.4 Å². The number of carbonyl (C=O) groups excluding carboxylic acids is 2. The number of carbonyl (C=O) groups is 2. The van der Waals surface area contributed by atoms with Crippen LogP contribution < -0.4 is 5.32 Å². The smallest absolute Gasteiger partial charge is 0.306 e. The van der Waals surface area contributed by atoms with Crippen molar-refractivity contribution in [1.82, 2.24) is 5.32 Å². The van der Waals surface area contributed by atoms with Crippen LogP contribution in [0.5, 0.6) is 0 Å². The SMILES string of the molecule is CCCCC/C=C\C/C=C\C/C=C\CCCCCCCCCCCCCCCCC(=O)OC1C(OCC(NC(=O)C(O)CCCCCCCCC/C=C\C/C=C\C/C=C\CCCCC)C(O)/C=C/CCCCCCCCCCCCC)OC(CO)C(O)C1O. The van der Waals surface area contributed by atoms with E-state index in [1.807, 2.05) is 6.08 Å². The van der Waals surface area contributed by atoms with E-state index in [1.165, 1.54) is 193 Å². The number of rotatable bonds is 64. The highest BCUT2D eigenvalue weighted by Crippen LogP contribution is 2.26. The molecule has 1 aliphatic rings. The fourth-order valence-electron chi connectivity index (χ4n) is 11.4. The molecule has 0 aromatic heterocycles.